The summed E-state index contributed by atoms with van der Waals surface area (Å²) in [7, 11) is 1.42. The second-order valence-corrected chi connectivity index (χ2v) is 5.49. The third-order valence-electron chi connectivity index (χ3n) is 2.82. The maximum atomic E-state index is 12.8. The number of carboxylic acid groups (broad SMARTS) is 1. The fraction of sp³-hybridized carbons (Fsp3) is 0.357. The van der Waals surface area contributed by atoms with E-state index in [1.54, 1.807) is 0 Å². The number of aliphatic carboxylic acids is 1. The second kappa shape index (κ2) is 10.2. The van der Waals surface area contributed by atoms with Crippen LogP contribution in [0.2, 0.25) is 5.02 Å². The first-order valence-electron chi connectivity index (χ1n) is 6.82. The summed E-state index contributed by atoms with van der Waals surface area (Å²) in [6, 6.07) is 2.94. The van der Waals surface area contributed by atoms with Crippen LogP contribution in [0.25, 0.3) is 0 Å². The largest absolute Gasteiger partial charge is 0.480 e. The van der Waals surface area contributed by atoms with Crippen LogP contribution in [0.5, 0.6) is 0 Å². The van der Waals surface area contributed by atoms with Gasteiger partial charge in [0.2, 0.25) is 11.8 Å². The lowest BCUT2D eigenvalue weighted by molar-refractivity contribution is -0.138. The zero-order chi connectivity index (χ0) is 19.2. The third-order valence-corrected chi connectivity index (χ3v) is 3.15. The minimum Gasteiger partial charge on any atom is -0.480 e. The summed E-state index contributed by atoms with van der Waals surface area (Å²) in [6.45, 7) is -1.09. The van der Waals surface area contributed by atoms with Crippen molar-refractivity contribution in [3.8, 4) is 0 Å². The number of alkyl halides is 3. The molecule has 12 heteroatoms. The number of carbonyl (C=O) groups is 3. The van der Waals surface area contributed by atoms with Gasteiger partial charge in [0.1, 0.15) is 6.54 Å². The van der Waals surface area contributed by atoms with Gasteiger partial charge in [-0.2, -0.15) is 13.2 Å². The lowest BCUT2D eigenvalue weighted by Gasteiger charge is -2.16. The van der Waals surface area contributed by atoms with Crippen molar-refractivity contribution in [1.82, 2.24) is 10.2 Å². The van der Waals surface area contributed by atoms with E-state index in [-0.39, 0.29) is 31.2 Å². The van der Waals surface area contributed by atoms with Crippen LogP contribution in [0.1, 0.15) is 5.56 Å². The van der Waals surface area contributed by atoms with Crippen LogP contribution in [-0.2, 0) is 20.6 Å². The number of halogens is 5. The van der Waals surface area contributed by atoms with Crippen molar-refractivity contribution in [3.05, 3.63) is 28.8 Å². The van der Waals surface area contributed by atoms with Gasteiger partial charge in [0.25, 0.3) is 0 Å². The van der Waals surface area contributed by atoms with Crippen molar-refractivity contribution < 1.29 is 32.7 Å². The minimum atomic E-state index is -4.66. The number of amides is 2. The number of likely N-dealkylation sites (N-methyl/N-ethyl adjacent to an activating group) is 1. The number of anilines is 1. The van der Waals surface area contributed by atoms with Crippen LogP contribution in [-0.4, -0.2) is 54.5 Å². The average Bonchev–Trinajstić information content (AvgIpc) is 2.45. The first-order chi connectivity index (χ1) is 11.5. The van der Waals surface area contributed by atoms with E-state index in [1.165, 1.54) is 18.0 Å². The van der Waals surface area contributed by atoms with Gasteiger partial charge in [-0.05, 0) is 25.2 Å². The quantitative estimate of drug-likeness (QED) is 0.628. The van der Waals surface area contributed by atoms with Crippen molar-refractivity contribution in [3.63, 3.8) is 0 Å². The molecule has 0 saturated carbocycles. The first kappa shape index (κ1) is 24.0. The van der Waals surface area contributed by atoms with Crippen molar-refractivity contribution in [2.24, 2.45) is 0 Å². The van der Waals surface area contributed by atoms with Crippen LogP contribution < -0.4 is 10.6 Å². The molecule has 26 heavy (non-hydrogen) atoms. The van der Waals surface area contributed by atoms with E-state index >= 15 is 0 Å². The Morgan fingerprint density at radius 2 is 1.77 bits per heavy atom. The minimum absolute atomic E-state index is 0. The summed E-state index contributed by atoms with van der Waals surface area (Å²) < 4.78 is 38.3. The summed E-state index contributed by atoms with van der Waals surface area (Å²) in [4.78, 5) is 34.8. The monoisotopic (exact) mass is 417 g/mol. The molecule has 0 radical (unpaired) electrons. The Balaban J connectivity index is 0.00000625. The van der Waals surface area contributed by atoms with Gasteiger partial charge in [0, 0.05) is 5.69 Å². The molecule has 0 saturated heterocycles. The lowest BCUT2D eigenvalue weighted by Crippen LogP contribution is -2.40. The molecule has 3 N–H and O–H groups in total. The fourth-order valence-electron chi connectivity index (χ4n) is 1.80. The predicted octanol–water partition coefficient (Wildman–Crippen LogP) is 1.85. The second-order valence-electron chi connectivity index (χ2n) is 5.08. The highest BCUT2D eigenvalue weighted by Gasteiger charge is 2.33. The van der Waals surface area contributed by atoms with Gasteiger partial charge in [-0.3, -0.25) is 19.3 Å². The number of carbonyl (C=O) groups excluding carboxylic acids is 2. The van der Waals surface area contributed by atoms with E-state index in [1.807, 2.05) is 0 Å². The Bertz CT molecular complexity index is 671. The molecule has 0 atom stereocenters. The predicted molar refractivity (Wildman–Crippen MR) is 90.5 cm³/mol. The standard InChI is InChI=1S/C14H15ClF3N3O4.ClH/c1-21(6-11(22)19-5-13(24)25)7-12(23)20-8-2-3-10(15)9(4-8)14(16,17)18;/h2-4H,5-7H2,1H3,(H,19,22)(H,20,23)(H,24,25);1H. The van der Waals surface area contributed by atoms with Gasteiger partial charge in [-0.1, -0.05) is 11.6 Å². The summed E-state index contributed by atoms with van der Waals surface area (Å²) in [5.74, 6) is -2.47. The van der Waals surface area contributed by atoms with E-state index in [0.29, 0.717) is 6.07 Å². The van der Waals surface area contributed by atoms with Crippen molar-refractivity contribution in [2.75, 3.05) is 32.0 Å². The van der Waals surface area contributed by atoms with Crippen LogP contribution in [0.4, 0.5) is 18.9 Å². The molecule has 0 aliphatic heterocycles. The van der Waals surface area contributed by atoms with Crippen molar-refractivity contribution in [2.45, 2.75) is 6.18 Å². The van der Waals surface area contributed by atoms with E-state index in [4.69, 9.17) is 16.7 Å². The van der Waals surface area contributed by atoms with E-state index in [2.05, 4.69) is 10.6 Å². The van der Waals surface area contributed by atoms with Gasteiger partial charge in [0.05, 0.1) is 23.7 Å². The van der Waals surface area contributed by atoms with Gasteiger partial charge >= 0.3 is 12.1 Å². The highest BCUT2D eigenvalue weighted by molar-refractivity contribution is 6.31. The van der Waals surface area contributed by atoms with Gasteiger partial charge < -0.3 is 15.7 Å². The third kappa shape index (κ3) is 8.37. The highest BCUT2D eigenvalue weighted by atomic mass is 35.5. The molecule has 0 aliphatic carbocycles. The summed E-state index contributed by atoms with van der Waals surface area (Å²) in [5, 5.41) is 12.3. The topological polar surface area (TPSA) is 98.7 Å². The normalized spacial score (nSPS) is 10.8. The molecule has 0 heterocycles. The van der Waals surface area contributed by atoms with Gasteiger partial charge in [-0.15, -0.1) is 12.4 Å². The Morgan fingerprint density at radius 1 is 1.19 bits per heavy atom. The summed E-state index contributed by atoms with van der Waals surface area (Å²) in [5.41, 5.74) is -1.17. The molecule has 0 aliphatic rings. The van der Waals surface area contributed by atoms with Crippen molar-refractivity contribution in [1.29, 1.82) is 0 Å². The Labute approximate surface area is 157 Å². The lowest BCUT2D eigenvalue weighted by atomic mass is 10.2. The van der Waals surface area contributed by atoms with E-state index in [9.17, 15) is 27.6 Å². The van der Waals surface area contributed by atoms with Crippen LogP contribution in [0.3, 0.4) is 0 Å². The molecule has 1 rings (SSSR count). The molecule has 0 bridgehead atoms. The summed E-state index contributed by atoms with van der Waals surface area (Å²) >= 11 is 5.48. The molecule has 1 aromatic rings. The number of hydrogen-bond acceptors (Lipinski definition) is 4. The molecule has 146 valence electrons. The summed E-state index contributed by atoms with van der Waals surface area (Å²) in [6.07, 6.45) is -4.66. The fourth-order valence-corrected chi connectivity index (χ4v) is 2.02. The molecule has 0 spiro atoms. The van der Waals surface area contributed by atoms with Crippen molar-refractivity contribution >= 4 is 47.5 Å². The first-order valence-corrected chi connectivity index (χ1v) is 7.20. The zero-order valence-electron chi connectivity index (χ0n) is 13.4. The Kier molecular flexibility index (Phi) is 9.39. The highest BCUT2D eigenvalue weighted by Crippen LogP contribution is 2.36. The number of benzene rings is 1. The molecular formula is C14H16Cl2F3N3O4. The van der Waals surface area contributed by atoms with Gasteiger partial charge in [0.15, 0.2) is 0 Å². The van der Waals surface area contributed by atoms with E-state index < -0.39 is 41.1 Å². The van der Waals surface area contributed by atoms with Crippen LogP contribution in [0.15, 0.2) is 18.2 Å². The molecule has 2 amide bonds. The molecule has 7 nitrogen and oxygen atoms in total. The number of nitrogens with one attached hydrogen (secondary N) is 2. The Morgan fingerprint density at radius 3 is 2.31 bits per heavy atom. The zero-order valence-corrected chi connectivity index (χ0v) is 15.0. The molecule has 0 fully saturated rings. The SMILES string of the molecule is CN(CC(=O)NCC(=O)O)CC(=O)Nc1ccc(Cl)c(C(F)(F)F)c1.Cl. The molecule has 1 aromatic carbocycles. The van der Waals surface area contributed by atoms with Crippen LogP contribution >= 0.6 is 24.0 Å². The number of carboxylic acids is 1. The molecular weight excluding hydrogens is 402 g/mol. The number of hydrogen-bond donors (Lipinski definition) is 3. The van der Waals surface area contributed by atoms with Crippen LogP contribution in [0, 0.1) is 0 Å². The molecule has 0 unspecified atom stereocenters. The maximum Gasteiger partial charge on any atom is 0.417 e. The van der Waals surface area contributed by atoms with Gasteiger partial charge in [-0.25, -0.2) is 0 Å². The Hall–Kier alpha value is -2.04. The number of rotatable bonds is 7. The number of nitrogens with zero attached hydrogens (tertiary/aromatic N) is 1. The molecule has 0 aromatic heterocycles. The maximum absolute atomic E-state index is 12.8. The smallest absolute Gasteiger partial charge is 0.417 e. The van der Waals surface area contributed by atoms with E-state index in [0.717, 1.165) is 6.07 Å². The average molecular weight is 418 g/mol.